The number of rotatable bonds is 7. The van der Waals surface area contributed by atoms with Gasteiger partial charge in [0, 0.05) is 49.5 Å². The van der Waals surface area contributed by atoms with E-state index in [-0.39, 0.29) is 0 Å². The van der Waals surface area contributed by atoms with Crippen molar-refractivity contribution in [3.63, 3.8) is 0 Å². The van der Waals surface area contributed by atoms with Gasteiger partial charge in [0.2, 0.25) is 5.95 Å². The van der Waals surface area contributed by atoms with Crippen LogP contribution in [0.4, 0.5) is 11.8 Å². The van der Waals surface area contributed by atoms with Crippen LogP contribution in [0.1, 0.15) is 11.3 Å². The lowest BCUT2D eigenvalue weighted by atomic mass is 10.2. The van der Waals surface area contributed by atoms with E-state index in [0.29, 0.717) is 12.5 Å². The second kappa shape index (κ2) is 8.99. The van der Waals surface area contributed by atoms with E-state index in [9.17, 15) is 0 Å². The van der Waals surface area contributed by atoms with E-state index in [1.54, 1.807) is 0 Å². The Balaban J connectivity index is 1.51. The van der Waals surface area contributed by atoms with Crippen LogP contribution in [0.15, 0.2) is 30.3 Å². The maximum atomic E-state index is 5.91. The topological polar surface area (TPSA) is 62.3 Å². The van der Waals surface area contributed by atoms with Crippen LogP contribution in [0, 0.1) is 6.92 Å². The van der Waals surface area contributed by atoms with Gasteiger partial charge < -0.3 is 15.4 Å². The Morgan fingerprint density at radius 3 is 2.64 bits per heavy atom. The fourth-order valence-corrected chi connectivity index (χ4v) is 2.81. The molecule has 2 aromatic rings. The Morgan fingerprint density at radius 2 is 1.88 bits per heavy atom. The van der Waals surface area contributed by atoms with E-state index in [2.05, 4.69) is 25.5 Å². The Bertz CT molecular complexity index is 674. The normalized spacial score (nSPS) is 15.1. The molecule has 0 spiro atoms. The van der Waals surface area contributed by atoms with E-state index in [4.69, 9.17) is 16.3 Å². The molecular weight excluding hydrogens is 338 g/mol. The van der Waals surface area contributed by atoms with Crippen molar-refractivity contribution in [3.05, 3.63) is 46.6 Å². The first-order valence-electron chi connectivity index (χ1n) is 8.57. The highest BCUT2D eigenvalue weighted by molar-refractivity contribution is 6.30. The van der Waals surface area contributed by atoms with Crippen LogP contribution in [0.25, 0.3) is 0 Å². The zero-order valence-corrected chi connectivity index (χ0v) is 15.2. The Kier molecular flexibility index (Phi) is 6.44. The second-order valence-electron chi connectivity index (χ2n) is 6.08. The lowest BCUT2D eigenvalue weighted by Crippen LogP contribution is -2.39. The van der Waals surface area contributed by atoms with Gasteiger partial charge in [-0.05, 0) is 24.6 Å². The summed E-state index contributed by atoms with van der Waals surface area (Å²) in [5.74, 6) is 1.48. The maximum absolute atomic E-state index is 5.91. The molecule has 0 atom stereocenters. The highest BCUT2D eigenvalue weighted by Crippen LogP contribution is 2.13. The number of hydrogen-bond donors (Lipinski definition) is 2. The molecule has 7 heteroatoms. The molecular formula is C18H24ClN5O. The molecule has 6 nitrogen and oxygen atoms in total. The number of ether oxygens (including phenoxy) is 1. The number of aromatic nitrogens is 2. The van der Waals surface area contributed by atoms with Crippen molar-refractivity contribution < 1.29 is 4.74 Å². The highest BCUT2D eigenvalue weighted by Gasteiger charge is 2.09. The van der Waals surface area contributed by atoms with Gasteiger partial charge >= 0.3 is 0 Å². The molecule has 25 heavy (non-hydrogen) atoms. The summed E-state index contributed by atoms with van der Waals surface area (Å²) in [6, 6.07) is 9.72. The Morgan fingerprint density at radius 1 is 1.12 bits per heavy atom. The van der Waals surface area contributed by atoms with E-state index >= 15 is 0 Å². The Hall–Kier alpha value is -1.89. The predicted octanol–water partition coefficient (Wildman–Crippen LogP) is 2.79. The summed E-state index contributed by atoms with van der Waals surface area (Å²) in [4.78, 5) is 11.4. The summed E-state index contributed by atoms with van der Waals surface area (Å²) in [7, 11) is 0. The minimum atomic E-state index is 0.629. The van der Waals surface area contributed by atoms with Gasteiger partial charge in [-0.3, -0.25) is 4.90 Å². The highest BCUT2D eigenvalue weighted by atomic mass is 35.5. The van der Waals surface area contributed by atoms with Gasteiger partial charge in [-0.15, -0.1) is 0 Å². The minimum Gasteiger partial charge on any atom is -0.379 e. The van der Waals surface area contributed by atoms with Crippen LogP contribution >= 0.6 is 11.6 Å². The standard InChI is InChI=1S/C18H24ClN5O/c1-14-12-17(20-6-7-24-8-10-25-11-9-24)23-18(22-14)21-13-15-2-4-16(19)5-3-15/h2-5,12H,6-11,13H2,1H3,(H2,20,21,22,23). The average Bonchev–Trinajstić information content (AvgIpc) is 2.62. The number of anilines is 2. The largest absolute Gasteiger partial charge is 0.379 e. The van der Waals surface area contributed by atoms with Crippen molar-refractivity contribution in [1.82, 2.24) is 14.9 Å². The van der Waals surface area contributed by atoms with Gasteiger partial charge in [0.05, 0.1) is 13.2 Å². The third kappa shape index (κ3) is 5.85. The molecule has 0 radical (unpaired) electrons. The van der Waals surface area contributed by atoms with Crippen LogP contribution in [-0.4, -0.2) is 54.3 Å². The zero-order valence-electron chi connectivity index (χ0n) is 14.5. The van der Waals surface area contributed by atoms with E-state index in [0.717, 1.165) is 61.5 Å². The number of benzene rings is 1. The molecule has 0 unspecified atom stereocenters. The molecule has 0 aliphatic carbocycles. The summed E-state index contributed by atoms with van der Waals surface area (Å²) in [5, 5.41) is 7.40. The van der Waals surface area contributed by atoms with Gasteiger partial charge in [0.1, 0.15) is 5.82 Å². The first kappa shape index (κ1) is 17.9. The fraction of sp³-hybridized carbons (Fsp3) is 0.444. The summed E-state index contributed by atoms with van der Waals surface area (Å²) in [6.07, 6.45) is 0. The van der Waals surface area contributed by atoms with Crippen molar-refractivity contribution in [1.29, 1.82) is 0 Å². The van der Waals surface area contributed by atoms with E-state index in [1.807, 2.05) is 37.3 Å². The van der Waals surface area contributed by atoms with Crippen LogP contribution in [0.2, 0.25) is 5.02 Å². The molecule has 1 saturated heterocycles. The summed E-state index contributed by atoms with van der Waals surface area (Å²) < 4.78 is 5.37. The Labute approximate surface area is 153 Å². The molecule has 3 rings (SSSR count). The zero-order chi connectivity index (χ0) is 17.5. The monoisotopic (exact) mass is 361 g/mol. The molecule has 1 aliphatic rings. The van der Waals surface area contributed by atoms with Gasteiger partial charge in [-0.1, -0.05) is 23.7 Å². The van der Waals surface area contributed by atoms with Crippen molar-refractivity contribution >= 4 is 23.4 Å². The van der Waals surface area contributed by atoms with Crippen LogP contribution in [0.3, 0.4) is 0 Å². The third-order valence-electron chi connectivity index (χ3n) is 4.06. The SMILES string of the molecule is Cc1cc(NCCN2CCOCC2)nc(NCc2ccc(Cl)cc2)n1. The molecule has 134 valence electrons. The molecule has 1 fully saturated rings. The van der Waals surface area contributed by atoms with Crippen LogP contribution < -0.4 is 10.6 Å². The number of hydrogen-bond acceptors (Lipinski definition) is 6. The molecule has 0 amide bonds. The molecule has 1 aliphatic heterocycles. The van der Waals surface area contributed by atoms with Gasteiger partial charge in [-0.25, -0.2) is 4.98 Å². The number of nitrogens with one attached hydrogen (secondary N) is 2. The first-order chi connectivity index (χ1) is 12.2. The van der Waals surface area contributed by atoms with Crippen molar-refractivity contribution in [2.45, 2.75) is 13.5 Å². The molecule has 1 aromatic heterocycles. The lowest BCUT2D eigenvalue weighted by molar-refractivity contribution is 0.0398. The lowest BCUT2D eigenvalue weighted by Gasteiger charge is -2.26. The fourth-order valence-electron chi connectivity index (χ4n) is 2.69. The minimum absolute atomic E-state index is 0.629. The van der Waals surface area contributed by atoms with Crippen molar-refractivity contribution in [2.75, 3.05) is 50.0 Å². The van der Waals surface area contributed by atoms with Gasteiger partial charge in [0.15, 0.2) is 0 Å². The van der Waals surface area contributed by atoms with Gasteiger partial charge in [-0.2, -0.15) is 4.98 Å². The number of halogens is 1. The smallest absolute Gasteiger partial charge is 0.225 e. The third-order valence-corrected chi connectivity index (χ3v) is 4.31. The number of nitrogens with zero attached hydrogens (tertiary/aromatic N) is 3. The van der Waals surface area contributed by atoms with Crippen LogP contribution in [0.5, 0.6) is 0 Å². The molecule has 2 heterocycles. The quantitative estimate of drug-likeness (QED) is 0.790. The van der Waals surface area contributed by atoms with E-state index in [1.165, 1.54) is 0 Å². The molecule has 0 saturated carbocycles. The summed E-state index contributed by atoms with van der Waals surface area (Å²) in [5.41, 5.74) is 2.07. The summed E-state index contributed by atoms with van der Waals surface area (Å²) >= 11 is 5.91. The molecule has 0 bridgehead atoms. The molecule has 2 N–H and O–H groups in total. The predicted molar refractivity (Wildman–Crippen MR) is 101 cm³/mol. The van der Waals surface area contributed by atoms with Gasteiger partial charge in [0.25, 0.3) is 0 Å². The molecule has 1 aromatic carbocycles. The van der Waals surface area contributed by atoms with Crippen molar-refractivity contribution in [2.24, 2.45) is 0 Å². The van der Waals surface area contributed by atoms with Crippen molar-refractivity contribution in [3.8, 4) is 0 Å². The van der Waals surface area contributed by atoms with Crippen LogP contribution in [-0.2, 0) is 11.3 Å². The number of aryl methyl sites for hydroxylation is 1. The number of morpholine rings is 1. The second-order valence-corrected chi connectivity index (χ2v) is 6.52. The maximum Gasteiger partial charge on any atom is 0.225 e. The summed E-state index contributed by atoms with van der Waals surface area (Å²) in [6.45, 7) is 8.12. The van der Waals surface area contributed by atoms with E-state index < -0.39 is 0 Å². The first-order valence-corrected chi connectivity index (χ1v) is 8.95. The average molecular weight is 362 g/mol.